The molecule has 2 aromatic rings. The molecule has 1 aliphatic rings. The normalized spacial score (nSPS) is 13.8. The van der Waals surface area contributed by atoms with Gasteiger partial charge in [0.1, 0.15) is 5.75 Å². The van der Waals surface area contributed by atoms with Gasteiger partial charge in [0.15, 0.2) is 0 Å². The number of ether oxygens (including phenoxy) is 1. The molecule has 1 N–H and O–H groups in total. The fraction of sp³-hybridized carbons (Fsp3) is 0.308. The Balaban J connectivity index is 0.00000133. The molecule has 3 rings (SSSR count). The van der Waals surface area contributed by atoms with Crippen molar-refractivity contribution in [1.82, 2.24) is 9.88 Å². The summed E-state index contributed by atoms with van der Waals surface area (Å²) < 4.78 is 5.84. The van der Waals surface area contributed by atoms with Gasteiger partial charge in [0.05, 0.1) is 7.11 Å². The van der Waals surface area contributed by atoms with Crippen molar-refractivity contribution in [2.45, 2.75) is 13.0 Å². The Kier molecular flexibility index (Phi) is 5.27. The van der Waals surface area contributed by atoms with Crippen molar-refractivity contribution >= 4 is 40.1 Å². The Bertz CT molecular complexity index is 626. The minimum absolute atomic E-state index is 0. The van der Waals surface area contributed by atoms with Crippen LogP contribution in [-0.2, 0) is 25.6 Å². The zero-order chi connectivity index (χ0) is 12.7. The molecule has 0 radical (unpaired) electrons. The standard InChI is InChI=1S/C13H14N2OS2.K/c1-16-8-2-3-11-9(6-8)10-7-15(13(17)18)5-4-12(10)14-11;/h2-3,6,14H,4-5,7H2,1H3,(H,17,18);/q;+1/p-1. The van der Waals surface area contributed by atoms with Crippen LogP contribution >= 0.6 is 12.2 Å². The molecule has 0 aliphatic carbocycles. The number of aromatic nitrogens is 1. The van der Waals surface area contributed by atoms with E-state index in [1.807, 2.05) is 6.07 Å². The first-order chi connectivity index (χ1) is 8.69. The molecule has 1 aliphatic heterocycles. The van der Waals surface area contributed by atoms with Crippen molar-refractivity contribution in [1.29, 1.82) is 0 Å². The van der Waals surface area contributed by atoms with Gasteiger partial charge in [0.25, 0.3) is 0 Å². The molecule has 0 saturated heterocycles. The molecule has 0 fully saturated rings. The molecule has 6 heteroatoms. The average Bonchev–Trinajstić information content (AvgIpc) is 2.75. The molecular formula is C13H13KN2OS2. The topological polar surface area (TPSA) is 28.3 Å². The molecule has 1 aromatic heterocycles. The van der Waals surface area contributed by atoms with Gasteiger partial charge >= 0.3 is 51.4 Å². The molecule has 0 spiro atoms. The zero-order valence-corrected chi connectivity index (χ0v) is 15.8. The second-order valence-electron chi connectivity index (χ2n) is 4.43. The second kappa shape index (κ2) is 6.38. The maximum Gasteiger partial charge on any atom is 1.00 e. The maximum atomic E-state index is 5.28. The molecular weight excluding hydrogens is 303 g/mol. The summed E-state index contributed by atoms with van der Waals surface area (Å²) in [6.45, 7) is 1.70. The summed E-state index contributed by atoms with van der Waals surface area (Å²) in [7, 11) is 1.69. The molecule has 0 unspecified atom stereocenters. The predicted molar refractivity (Wildman–Crippen MR) is 78.9 cm³/mol. The number of aromatic amines is 1. The van der Waals surface area contributed by atoms with Crippen LogP contribution in [0.2, 0.25) is 0 Å². The van der Waals surface area contributed by atoms with Gasteiger partial charge in [0, 0.05) is 41.7 Å². The fourth-order valence-electron chi connectivity index (χ4n) is 2.48. The number of nitrogens with zero attached hydrogens (tertiary/aromatic N) is 1. The quantitative estimate of drug-likeness (QED) is 0.431. The van der Waals surface area contributed by atoms with Gasteiger partial charge < -0.3 is 39.5 Å². The predicted octanol–water partition coefficient (Wildman–Crippen LogP) is -0.630. The van der Waals surface area contributed by atoms with Gasteiger partial charge in [-0.1, -0.05) is 4.32 Å². The summed E-state index contributed by atoms with van der Waals surface area (Å²) in [5.74, 6) is 0.877. The number of methoxy groups -OCH3 is 1. The number of rotatable bonds is 1. The largest absolute Gasteiger partial charge is 1.00 e. The van der Waals surface area contributed by atoms with Crippen LogP contribution in [0.15, 0.2) is 18.2 Å². The van der Waals surface area contributed by atoms with Crippen LogP contribution in [0.25, 0.3) is 10.9 Å². The Morgan fingerprint density at radius 2 is 2.26 bits per heavy atom. The van der Waals surface area contributed by atoms with Crippen LogP contribution < -0.4 is 56.1 Å². The van der Waals surface area contributed by atoms with Crippen molar-refractivity contribution in [2.75, 3.05) is 13.7 Å². The third-order valence-corrected chi connectivity index (χ3v) is 3.96. The van der Waals surface area contributed by atoms with Gasteiger partial charge in [-0.3, -0.25) is 0 Å². The molecule has 3 nitrogen and oxygen atoms in total. The Morgan fingerprint density at radius 3 is 2.95 bits per heavy atom. The first-order valence-corrected chi connectivity index (χ1v) is 6.64. The van der Waals surface area contributed by atoms with Crippen molar-refractivity contribution in [2.24, 2.45) is 0 Å². The van der Waals surface area contributed by atoms with E-state index in [1.54, 1.807) is 7.11 Å². The summed E-state index contributed by atoms with van der Waals surface area (Å²) in [6, 6.07) is 6.10. The van der Waals surface area contributed by atoms with E-state index in [9.17, 15) is 0 Å². The number of fused-ring (bicyclic) bond motifs is 3. The van der Waals surface area contributed by atoms with Crippen LogP contribution in [0.1, 0.15) is 11.3 Å². The van der Waals surface area contributed by atoms with Crippen molar-refractivity contribution in [3.05, 3.63) is 29.5 Å². The van der Waals surface area contributed by atoms with Crippen LogP contribution in [-0.4, -0.2) is 27.9 Å². The summed E-state index contributed by atoms with van der Waals surface area (Å²) in [6.07, 6.45) is 0.961. The minimum Gasteiger partial charge on any atom is -0.497 e. The summed E-state index contributed by atoms with van der Waals surface area (Å²) in [4.78, 5) is 5.54. The van der Waals surface area contributed by atoms with Gasteiger partial charge in [-0.25, -0.2) is 0 Å². The van der Waals surface area contributed by atoms with E-state index in [4.69, 9.17) is 29.6 Å². The van der Waals surface area contributed by atoms with E-state index in [1.165, 1.54) is 16.6 Å². The fourth-order valence-corrected chi connectivity index (χ4v) is 2.79. The van der Waals surface area contributed by atoms with E-state index in [0.717, 1.165) is 30.8 Å². The number of hydrogen-bond donors (Lipinski definition) is 1. The summed E-state index contributed by atoms with van der Waals surface area (Å²) >= 11 is 10.2. The third-order valence-electron chi connectivity index (χ3n) is 3.44. The summed E-state index contributed by atoms with van der Waals surface area (Å²) in [5.41, 5.74) is 3.74. The van der Waals surface area contributed by atoms with Crippen LogP contribution in [0, 0.1) is 0 Å². The third kappa shape index (κ3) is 3.00. The number of benzene rings is 1. The monoisotopic (exact) mass is 316 g/mol. The van der Waals surface area contributed by atoms with Crippen molar-refractivity contribution in [3.8, 4) is 5.75 Å². The van der Waals surface area contributed by atoms with Gasteiger partial charge in [0.2, 0.25) is 0 Å². The van der Waals surface area contributed by atoms with Gasteiger partial charge in [-0.05, 0) is 18.2 Å². The molecule has 0 saturated carbocycles. The van der Waals surface area contributed by atoms with E-state index in [0.29, 0.717) is 4.32 Å². The van der Waals surface area contributed by atoms with Crippen molar-refractivity contribution in [3.63, 3.8) is 0 Å². The Morgan fingerprint density at radius 1 is 1.47 bits per heavy atom. The first-order valence-electron chi connectivity index (χ1n) is 5.82. The molecule has 94 valence electrons. The van der Waals surface area contributed by atoms with E-state index < -0.39 is 0 Å². The first kappa shape index (κ1) is 15.7. The van der Waals surface area contributed by atoms with E-state index in [-0.39, 0.29) is 51.4 Å². The van der Waals surface area contributed by atoms with Crippen molar-refractivity contribution < 1.29 is 56.1 Å². The van der Waals surface area contributed by atoms with E-state index >= 15 is 0 Å². The number of thiocarbonyl (C=S) groups is 1. The number of H-pyrrole nitrogens is 1. The number of nitrogens with one attached hydrogen (secondary N) is 1. The smallest absolute Gasteiger partial charge is 0.497 e. The Labute approximate surface area is 165 Å². The van der Waals surface area contributed by atoms with Crippen LogP contribution in [0.5, 0.6) is 5.75 Å². The molecule has 0 amide bonds. The minimum atomic E-state index is 0. The molecule has 2 heterocycles. The maximum absolute atomic E-state index is 5.28. The molecule has 0 bridgehead atoms. The van der Waals surface area contributed by atoms with Crippen LogP contribution in [0.4, 0.5) is 0 Å². The zero-order valence-electron chi connectivity index (χ0n) is 11.0. The molecule has 19 heavy (non-hydrogen) atoms. The second-order valence-corrected chi connectivity index (χ2v) is 5.46. The van der Waals surface area contributed by atoms with Gasteiger partial charge in [-0.15, -0.1) is 0 Å². The molecule has 1 aromatic carbocycles. The van der Waals surface area contributed by atoms with Gasteiger partial charge in [-0.2, -0.15) is 0 Å². The van der Waals surface area contributed by atoms with Crippen LogP contribution in [0.3, 0.4) is 0 Å². The molecule has 0 atom stereocenters. The summed E-state index contributed by atoms with van der Waals surface area (Å²) in [5, 5.41) is 1.21. The average molecular weight is 316 g/mol. The SMILES string of the molecule is COc1ccc2[nH]c3c(c2c1)CN(C(=S)[S-])CC3.[K+]. The Hall–Kier alpha value is 0.306. The van der Waals surface area contributed by atoms with E-state index in [2.05, 4.69) is 22.0 Å². The number of hydrogen-bond acceptors (Lipinski definition) is 3.